The van der Waals surface area contributed by atoms with Crippen molar-refractivity contribution in [1.29, 1.82) is 0 Å². The zero-order valence-corrected chi connectivity index (χ0v) is 26.9. The number of hydrogen-bond acceptors (Lipinski definition) is 9. The summed E-state index contributed by atoms with van der Waals surface area (Å²) < 4.78 is 6.09. The quantitative estimate of drug-likeness (QED) is 0.367. The van der Waals surface area contributed by atoms with Crippen LogP contribution in [0.2, 0.25) is 0 Å². The third-order valence-corrected chi connectivity index (χ3v) is 10.4. The number of anilines is 5. The molecule has 1 aliphatic carbocycles. The van der Waals surface area contributed by atoms with Gasteiger partial charge >= 0.3 is 6.03 Å². The van der Waals surface area contributed by atoms with E-state index in [0.29, 0.717) is 23.6 Å². The molecule has 4 aliphatic heterocycles. The predicted octanol–water partition coefficient (Wildman–Crippen LogP) is 5.21. The van der Waals surface area contributed by atoms with Crippen molar-refractivity contribution >= 4 is 35.0 Å². The Balaban J connectivity index is 0.934. The molecule has 2 N–H and O–H groups in total. The molecule has 2 unspecified atom stereocenters. The van der Waals surface area contributed by atoms with Crippen molar-refractivity contribution in [2.45, 2.75) is 82.7 Å². The Morgan fingerprint density at radius 2 is 1.28 bits per heavy atom. The number of carbonyl (C=O) groups excluding carboxylic acids is 1. The van der Waals surface area contributed by atoms with Crippen LogP contribution in [0.15, 0.2) is 48.5 Å². The van der Waals surface area contributed by atoms with E-state index in [1.54, 1.807) is 0 Å². The lowest BCUT2D eigenvalue weighted by Crippen LogP contribution is -2.47. The fourth-order valence-corrected chi connectivity index (χ4v) is 7.64. The topological polar surface area (TPSA) is 102 Å². The van der Waals surface area contributed by atoms with Crippen LogP contribution in [-0.2, 0) is 4.74 Å². The summed E-state index contributed by atoms with van der Waals surface area (Å²) >= 11 is 0. The first-order valence-corrected chi connectivity index (χ1v) is 17.2. The average molecular weight is 624 g/mol. The van der Waals surface area contributed by atoms with E-state index in [4.69, 9.17) is 19.7 Å². The Morgan fingerprint density at radius 3 is 1.89 bits per heavy atom. The van der Waals surface area contributed by atoms with E-state index in [1.807, 2.05) is 36.4 Å². The molecular formula is C35H45N9O2. The number of ether oxygens (including phenoxy) is 1. The van der Waals surface area contributed by atoms with Gasteiger partial charge in [0, 0.05) is 80.0 Å². The van der Waals surface area contributed by atoms with E-state index in [2.05, 4.69) is 56.2 Å². The minimum atomic E-state index is -0.276. The number of benzene rings is 2. The molecule has 2 bridgehead atoms. The highest BCUT2D eigenvalue weighted by Gasteiger charge is 2.36. The van der Waals surface area contributed by atoms with Crippen molar-refractivity contribution in [2.24, 2.45) is 0 Å². The van der Waals surface area contributed by atoms with Gasteiger partial charge in [-0.15, -0.1) is 0 Å². The van der Waals surface area contributed by atoms with Gasteiger partial charge in [-0.1, -0.05) is 0 Å². The first-order valence-electron chi connectivity index (χ1n) is 17.2. The first-order chi connectivity index (χ1) is 22.4. The molecule has 46 heavy (non-hydrogen) atoms. The lowest BCUT2D eigenvalue weighted by Gasteiger charge is -2.36. The molecule has 8 rings (SSSR count). The van der Waals surface area contributed by atoms with Crippen LogP contribution in [-0.4, -0.2) is 95.5 Å². The number of fused-ring (bicyclic) bond motifs is 2. The highest BCUT2D eigenvalue weighted by atomic mass is 16.5. The third kappa shape index (κ3) is 6.22. The summed E-state index contributed by atoms with van der Waals surface area (Å²) in [6.07, 6.45) is 7.66. The number of urea groups is 1. The SMILES string of the molecule is C[C@@H]1CC[C@H](C)N1c1nc(-c2ccc(NC(=O)Nc3ccc(N4CCN(C5CC5)CC4)cc3)cc2)nc(N2CC3CCC(C2)O3)n1. The van der Waals surface area contributed by atoms with Crippen molar-refractivity contribution < 1.29 is 9.53 Å². The second kappa shape index (κ2) is 12.3. The number of aromatic nitrogens is 3. The van der Waals surface area contributed by atoms with Gasteiger partial charge in [0.05, 0.1) is 12.2 Å². The minimum absolute atomic E-state index is 0.245. The maximum Gasteiger partial charge on any atom is 0.323 e. The Hall–Kier alpha value is -3.96. The van der Waals surface area contributed by atoms with Gasteiger partial charge in [0.15, 0.2) is 5.82 Å². The number of hydrogen-bond donors (Lipinski definition) is 2. The van der Waals surface area contributed by atoms with Gasteiger partial charge in [0.2, 0.25) is 11.9 Å². The lowest BCUT2D eigenvalue weighted by molar-refractivity contribution is 0.0299. The second-order valence-corrected chi connectivity index (χ2v) is 13.8. The van der Waals surface area contributed by atoms with E-state index < -0.39 is 0 Å². The summed E-state index contributed by atoms with van der Waals surface area (Å²) in [7, 11) is 0. The number of piperazine rings is 1. The molecule has 1 saturated carbocycles. The van der Waals surface area contributed by atoms with Crippen molar-refractivity contribution in [1.82, 2.24) is 19.9 Å². The molecule has 5 heterocycles. The Labute approximate surface area is 271 Å². The van der Waals surface area contributed by atoms with Crippen LogP contribution in [0.4, 0.5) is 33.8 Å². The number of carbonyl (C=O) groups is 1. The Kier molecular flexibility index (Phi) is 7.89. The van der Waals surface area contributed by atoms with Crippen LogP contribution >= 0.6 is 0 Å². The molecule has 0 spiro atoms. The Morgan fingerprint density at radius 1 is 0.696 bits per heavy atom. The predicted molar refractivity (Wildman–Crippen MR) is 182 cm³/mol. The van der Waals surface area contributed by atoms with Gasteiger partial charge in [-0.2, -0.15) is 15.0 Å². The first kappa shape index (κ1) is 29.4. The molecular weight excluding hydrogens is 578 g/mol. The summed E-state index contributed by atoms with van der Waals surface area (Å²) in [6, 6.07) is 17.2. The smallest absolute Gasteiger partial charge is 0.323 e. The fourth-order valence-electron chi connectivity index (χ4n) is 7.64. The van der Waals surface area contributed by atoms with Crippen LogP contribution in [0.25, 0.3) is 11.4 Å². The van der Waals surface area contributed by atoms with Crippen LogP contribution in [0.5, 0.6) is 0 Å². The van der Waals surface area contributed by atoms with Crippen molar-refractivity contribution in [3.8, 4) is 11.4 Å². The second-order valence-electron chi connectivity index (χ2n) is 13.8. The number of morpholine rings is 1. The highest BCUT2D eigenvalue weighted by molar-refractivity contribution is 6.00. The van der Waals surface area contributed by atoms with E-state index in [9.17, 15) is 4.79 Å². The highest BCUT2D eigenvalue weighted by Crippen LogP contribution is 2.33. The zero-order chi connectivity index (χ0) is 31.2. The average Bonchev–Trinajstić information content (AvgIpc) is 3.80. The van der Waals surface area contributed by atoms with E-state index >= 15 is 0 Å². The van der Waals surface area contributed by atoms with E-state index in [0.717, 1.165) is 94.1 Å². The molecule has 2 amide bonds. The molecule has 11 nitrogen and oxygen atoms in total. The van der Waals surface area contributed by atoms with Crippen molar-refractivity contribution in [3.63, 3.8) is 0 Å². The largest absolute Gasteiger partial charge is 0.371 e. The molecule has 1 aromatic heterocycles. The third-order valence-electron chi connectivity index (χ3n) is 10.4. The van der Waals surface area contributed by atoms with E-state index in [-0.39, 0.29) is 18.2 Å². The summed E-state index contributed by atoms with van der Waals surface area (Å²) in [4.78, 5) is 37.5. The maximum absolute atomic E-state index is 12.9. The summed E-state index contributed by atoms with van der Waals surface area (Å²) in [5, 5.41) is 5.94. The van der Waals surface area contributed by atoms with Gasteiger partial charge in [-0.25, -0.2) is 4.79 Å². The molecule has 5 aliphatic rings. The van der Waals surface area contributed by atoms with Crippen molar-refractivity contribution in [3.05, 3.63) is 48.5 Å². The van der Waals surface area contributed by atoms with Gasteiger partial charge in [-0.3, -0.25) is 4.90 Å². The van der Waals surface area contributed by atoms with Crippen LogP contribution in [0.3, 0.4) is 0 Å². The van der Waals surface area contributed by atoms with Gasteiger partial charge in [-0.05, 0) is 101 Å². The standard InChI is InChI=1S/C35H45N9O2/c1-23-3-4-24(2)44(23)34-39-32(38-33(40-34)43-21-30-15-16-31(22-43)46-30)25-5-7-26(8-6-25)36-35(45)37-27-9-11-28(12-10-27)41-17-19-42(20-18-41)29-13-14-29/h5-12,23-24,29-31H,3-4,13-22H2,1-2H3,(H2,36,37,45)/t23-,24+,30?,31?. The molecule has 2 aromatic carbocycles. The summed E-state index contributed by atoms with van der Waals surface area (Å²) in [5.74, 6) is 2.11. The molecule has 5 fully saturated rings. The van der Waals surface area contributed by atoms with Gasteiger partial charge in [0.25, 0.3) is 0 Å². The van der Waals surface area contributed by atoms with E-state index in [1.165, 1.54) is 18.5 Å². The van der Waals surface area contributed by atoms with Crippen LogP contribution in [0, 0.1) is 0 Å². The zero-order valence-electron chi connectivity index (χ0n) is 26.9. The molecule has 3 aromatic rings. The molecule has 4 saturated heterocycles. The number of rotatable bonds is 7. The van der Waals surface area contributed by atoms with Crippen LogP contribution < -0.4 is 25.3 Å². The number of nitrogens with zero attached hydrogens (tertiary/aromatic N) is 7. The lowest BCUT2D eigenvalue weighted by atomic mass is 10.2. The minimum Gasteiger partial charge on any atom is -0.371 e. The molecule has 11 heteroatoms. The fraction of sp³-hybridized carbons (Fsp3) is 0.543. The Bertz CT molecular complexity index is 1520. The monoisotopic (exact) mass is 623 g/mol. The summed E-state index contributed by atoms with van der Waals surface area (Å²) in [5.41, 5.74) is 3.56. The number of nitrogens with one attached hydrogen (secondary N) is 2. The summed E-state index contributed by atoms with van der Waals surface area (Å²) in [6.45, 7) is 10.5. The van der Waals surface area contributed by atoms with Gasteiger partial charge in [0.1, 0.15) is 0 Å². The number of amides is 2. The molecule has 4 atom stereocenters. The molecule has 0 radical (unpaired) electrons. The van der Waals surface area contributed by atoms with Gasteiger partial charge < -0.3 is 30.1 Å². The van der Waals surface area contributed by atoms with Crippen molar-refractivity contribution in [2.75, 3.05) is 64.6 Å². The maximum atomic E-state index is 12.9. The van der Waals surface area contributed by atoms with Crippen LogP contribution in [0.1, 0.15) is 52.4 Å². The molecule has 242 valence electrons. The normalized spacial score (nSPS) is 26.4.